The van der Waals surface area contributed by atoms with E-state index in [4.69, 9.17) is 9.47 Å². The molecule has 0 spiro atoms. The van der Waals surface area contributed by atoms with Crippen LogP contribution < -0.4 is 9.47 Å². The van der Waals surface area contributed by atoms with Gasteiger partial charge in [-0.1, -0.05) is 28.6 Å². The van der Waals surface area contributed by atoms with E-state index in [2.05, 4.69) is 28.6 Å². The smallest absolute Gasteiger partial charge is 0.250 e. The van der Waals surface area contributed by atoms with Gasteiger partial charge in [-0.2, -0.15) is 0 Å². The van der Waals surface area contributed by atoms with Crippen molar-refractivity contribution in [2.75, 3.05) is 13.3 Å². The molecule has 0 atom stereocenters. The molecule has 0 bridgehead atoms. The zero-order valence-electron chi connectivity index (χ0n) is 12.3. The predicted molar refractivity (Wildman–Crippen MR) is 87.8 cm³/mol. The van der Waals surface area contributed by atoms with Crippen LogP contribution in [-0.4, -0.2) is 24.1 Å². The summed E-state index contributed by atoms with van der Waals surface area (Å²) in [7, 11) is 0. The summed E-state index contributed by atoms with van der Waals surface area (Å²) in [4.78, 5) is 13.9. The third kappa shape index (κ3) is 3.04. The molecule has 116 valence electrons. The largest absolute Gasteiger partial charge is 0.454 e. The van der Waals surface area contributed by atoms with E-state index < -0.39 is 0 Å². The SMILES string of the molecule is C=CC(=O)N(CCc1cc2c(cc1Br)OCO2)C1=CCCC1. The van der Waals surface area contributed by atoms with Crippen LogP contribution in [0.1, 0.15) is 24.8 Å². The van der Waals surface area contributed by atoms with Crippen LogP contribution in [0.3, 0.4) is 0 Å². The molecule has 5 heteroatoms. The van der Waals surface area contributed by atoms with Gasteiger partial charge in [0, 0.05) is 16.7 Å². The van der Waals surface area contributed by atoms with Crippen molar-refractivity contribution in [3.63, 3.8) is 0 Å². The van der Waals surface area contributed by atoms with Crippen molar-refractivity contribution in [2.24, 2.45) is 0 Å². The maximum atomic E-state index is 12.1. The van der Waals surface area contributed by atoms with Gasteiger partial charge < -0.3 is 14.4 Å². The number of hydrogen-bond acceptors (Lipinski definition) is 3. The minimum Gasteiger partial charge on any atom is -0.454 e. The number of carbonyl (C=O) groups excluding carboxylic acids is 1. The van der Waals surface area contributed by atoms with Gasteiger partial charge in [0.1, 0.15) is 0 Å². The molecule has 1 amide bonds. The van der Waals surface area contributed by atoms with Crippen LogP contribution in [0.15, 0.2) is 41.0 Å². The maximum Gasteiger partial charge on any atom is 0.250 e. The van der Waals surface area contributed by atoms with Crippen molar-refractivity contribution in [2.45, 2.75) is 25.7 Å². The van der Waals surface area contributed by atoms with Gasteiger partial charge in [0.25, 0.3) is 0 Å². The molecule has 0 unspecified atom stereocenters. The average Bonchev–Trinajstić information content (AvgIpc) is 3.18. The summed E-state index contributed by atoms with van der Waals surface area (Å²) in [6.07, 6.45) is 7.40. The fraction of sp³-hybridized carbons (Fsp3) is 0.353. The molecule has 0 saturated heterocycles. The zero-order valence-corrected chi connectivity index (χ0v) is 13.9. The first kappa shape index (κ1) is 15.2. The second kappa shape index (κ2) is 6.57. The normalized spacial score (nSPS) is 15.6. The van der Waals surface area contributed by atoms with E-state index in [1.165, 1.54) is 6.08 Å². The Morgan fingerprint density at radius 2 is 2.14 bits per heavy atom. The van der Waals surface area contributed by atoms with Gasteiger partial charge in [0.2, 0.25) is 12.7 Å². The third-order valence-corrected chi connectivity index (χ3v) is 4.69. The van der Waals surface area contributed by atoms with Gasteiger partial charge in [0.05, 0.1) is 0 Å². The summed E-state index contributed by atoms with van der Waals surface area (Å²) >= 11 is 3.56. The Bertz CT molecular complexity index is 639. The summed E-state index contributed by atoms with van der Waals surface area (Å²) in [6, 6.07) is 3.90. The first-order valence-corrected chi connectivity index (χ1v) is 8.19. The Kier molecular flexibility index (Phi) is 4.52. The molecule has 1 aromatic rings. The molecule has 0 aromatic heterocycles. The standard InChI is InChI=1S/C17H18BrNO3/c1-2-17(20)19(13-5-3-4-6-13)8-7-12-9-15-16(10-14(12)18)22-11-21-15/h2,5,9-10H,1,3-4,6-8,11H2. The summed E-state index contributed by atoms with van der Waals surface area (Å²) in [5, 5.41) is 0. The highest BCUT2D eigenvalue weighted by Crippen LogP contribution is 2.37. The highest BCUT2D eigenvalue weighted by molar-refractivity contribution is 9.10. The topological polar surface area (TPSA) is 38.8 Å². The number of ether oxygens (including phenoxy) is 2. The Morgan fingerprint density at radius 1 is 1.36 bits per heavy atom. The predicted octanol–water partition coefficient (Wildman–Crippen LogP) is 3.80. The summed E-state index contributed by atoms with van der Waals surface area (Å²) in [5.74, 6) is 1.48. The van der Waals surface area contributed by atoms with Crippen molar-refractivity contribution >= 4 is 21.8 Å². The van der Waals surface area contributed by atoms with Crippen molar-refractivity contribution in [3.8, 4) is 11.5 Å². The van der Waals surface area contributed by atoms with E-state index in [0.29, 0.717) is 6.54 Å². The van der Waals surface area contributed by atoms with Crippen LogP contribution in [0.4, 0.5) is 0 Å². The number of carbonyl (C=O) groups is 1. The number of amides is 1. The van der Waals surface area contributed by atoms with Crippen LogP contribution in [0.2, 0.25) is 0 Å². The molecule has 4 nitrogen and oxygen atoms in total. The number of halogens is 1. The van der Waals surface area contributed by atoms with E-state index in [0.717, 1.165) is 52.9 Å². The molecule has 0 fully saturated rings. The molecule has 0 saturated carbocycles. The first-order valence-electron chi connectivity index (χ1n) is 7.40. The molecule has 3 rings (SSSR count). The zero-order chi connectivity index (χ0) is 15.5. The summed E-state index contributed by atoms with van der Waals surface area (Å²) in [5.41, 5.74) is 2.21. The first-order chi connectivity index (χ1) is 10.7. The Labute approximate surface area is 138 Å². The van der Waals surface area contributed by atoms with Crippen LogP contribution >= 0.6 is 15.9 Å². The lowest BCUT2D eigenvalue weighted by atomic mass is 10.1. The molecule has 1 aliphatic carbocycles. The van der Waals surface area contributed by atoms with Gasteiger partial charge in [-0.25, -0.2) is 0 Å². The van der Waals surface area contributed by atoms with Gasteiger partial charge >= 0.3 is 0 Å². The fourth-order valence-electron chi connectivity index (χ4n) is 2.79. The third-order valence-electron chi connectivity index (χ3n) is 3.95. The van der Waals surface area contributed by atoms with Crippen molar-refractivity contribution in [3.05, 3.63) is 46.6 Å². The van der Waals surface area contributed by atoms with Crippen LogP contribution in [-0.2, 0) is 11.2 Å². The van der Waals surface area contributed by atoms with E-state index in [-0.39, 0.29) is 12.7 Å². The highest BCUT2D eigenvalue weighted by atomic mass is 79.9. The lowest BCUT2D eigenvalue weighted by molar-refractivity contribution is -0.124. The number of rotatable bonds is 5. The fourth-order valence-corrected chi connectivity index (χ4v) is 3.31. The summed E-state index contributed by atoms with van der Waals surface area (Å²) in [6.45, 7) is 4.51. The highest BCUT2D eigenvalue weighted by Gasteiger charge is 2.20. The lowest BCUT2D eigenvalue weighted by Gasteiger charge is -2.23. The van der Waals surface area contributed by atoms with Crippen molar-refractivity contribution in [1.82, 2.24) is 4.90 Å². The van der Waals surface area contributed by atoms with Gasteiger partial charge in [-0.15, -0.1) is 0 Å². The van der Waals surface area contributed by atoms with E-state index in [1.807, 2.05) is 17.0 Å². The molecule has 22 heavy (non-hydrogen) atoms. The van der Waals surface area contributed by atoms with Gasteiger partial charge in [-0.3, -0.25) is 4.79 Å². The molecule has 1 heterocycles. The van der Waals surface area contributed by atoms with Crippen molar-refractivity contribution in [1.29, 1.82) is 0 Å². The molecule has 0 N–H and O–H groups in total. The minimum atomic E-state index is -0.0370. The molecular formula is C17H18BrNO3. The molecule has 1 aromatic carbocycles. The lowest BCUT2D eigenvalue weighted by Crippen LogP contribution is -2.30. The van der Waals surface area contributed by atoms with E-state index in [9.17, 15) is 4.79 Å². The van der Waals surface area contributed by atoms with Crippen LogP contribution in [0.5, 0.6) is 11.5 Å². The molecule has 0 radical (unpaired) electrons. The molecule has 2 aliphatic rings. The van der Waals surface area contributed by atoms with Crippen LogP contribution in [0, 0.1) is 0 Å². The van der Waals surface area contributed by atoms with Crippen LogP contribution in [0.25, 0.3) is 0 Å². The van der Waals surface area contributed by atoms with Gasteiger partial charge in [-0.05, 0) is 49.5 Å². The van der Waals surface area contributed by atoms with Crippen molar-refractivity contribution < 1.29 is 14.3 Å². The maximum absolute atomic E-state index is 12.1. The average molecular weight is 364 g/mol. The van der Waals surface area contributed by atoms with Gasteiger partial charge in [0.15, 0.2) is 11.5 Å². The molecular weight excluding hydrogens is 346 g/mol. The quantitative estimate of drug-likeness (QED) is 0.746. The minimum absolute atomic E-state index is 0.0370. The monoisotopic (exact) mass is 363 g/mol. The summed E-state index contributed by atoms with van der Waals surface area (Å²) < 4.78 is 11.8. The number of allylic oxidation sites excluding steroid dienone is 2. The number of benzene rings is 1. The second-order valence-corrected chi connectivity index (χ2v) is 6.18. The van der Waals surface area contributed by atoms with E-state index in [1.54, 1.807) is 0 Å². The Morgan fingerprint density at radius 3 is 2.82 bits per heavy atom. The van der Waals surface area contributed by atoms with E-state index >= 15 is 0 Å². The Balaban J connectivity index is 1.75. The number of nitrogens with zero attached hydrogens (tertiary/aromatic N) is 1. The second-order valence-electron chi connectivity index (χ2n) is 5.33. The molecule has 1 aliphatic heterocycles. The number of fused-ring (bicyclic) bond motifs is 1. The number of hydrogen-bond donors (Lipinski definition) is 0. The Hall–Kier alpha value is -1.75.